The van der Waals surface area contributed by atoms with Crippen LogP contribution >= 0.6 is 0 Å². The highest BCUT2D eigenvalue weighted by molar-refractivity contribution is 6.16. The first kappa shape index (κ1) is 22.4. The first-order chi connectivity index (χ1) is 16.5. The summed E-state index contributed by atoms with van der Waals surface area (Å²) in [6, 6.07) is 17.3. The predicted molar refractivity (Wildman–Crippen MR) is 131 cm³/mol. The summed E-state index contributed by atoms with van der Waals surface area (Å²) in [6.07, 6.45) is 3.23. The quantitative estimate of drug-likeness (QED) is 0.555. The Hall–Kier alpha value is -3.38. The van der Waals surface area contributed by atoms with Gasteiger partial charge in [-0.1, -0.05) is 42.5 Å². The van der Waals surface area contributed by atoms with E-state index in [2.05, 4.69) is 4.90 Å². The largest absolute Gasteiger partial charge is 0.504 e. The molecule has 2 aliphatic heterocycles. The lowest BCUT2D eigenvalue weighted by Crippen LogP contribution is -2.44. The molecule has 0 radical (unpaired) electrons. The van der Waals surface area contributed by atoms with E-state index in [4.69, 9.17) is 4.74 Å². The van der Waals surface area contributed by atoms with Crippen LogP contribution in [-0.2, 0) is 17.8 Å². The highest BCUT2D eigenvalue weighted by atomic mass is 16.5. The van der Waals surface area contributed by atoms with Crippen molar-refractivity contribution in [2.45, 2.75) is 32.2 Å². The first-order valence-corrected chi connectivity index (χ1v) is 12.0. The van der Waals surface area contributed by atoms with Gasteiger partial charge in [-0.15, -0.1) is 0 Å². The summed E-state index contributed by atoms with van der Waals surface area (Å²) in [5.41, 5.74) is 2.64. The van der Waals surface area contributed by atoms with E-state index in [1.807, 2.05) is 48.5 Å². The summed E-state index contributed by atoms with van der Waals surface area (Å²) >= 11 is 0. The average molecular weight is 459 g/mol. The fourth-order valence-corrected chi connectivity index (χ4v) is 5.27. The van der Waals surface area contributed by atoms with E-state index in [1.165, 1.54) is 4.90 Å². The lowest BCUT2D eigenvalue weighted by atomic mass is 9.90. The molecule has 6 heteroatoms. The van der Waals surface area contributed by atoms with Gasteiger partial charge in [0.25, 0.3) is 5.91 Å². The monoisotopic (exact) mass is 458 g/mol. The van der Waals surface area contributed by atoms with Crippen LogP contribution in [-0.4, -0.2) is 53.5 Å². The van der Waals surface area contributed by atoms with Crippen LogP contribution in [0.15, 0.2) is 54.6 Å². The third-order valence-corrected chi connectivity index (χ3v) is 7.24. The molecule has 3 aromatic rings. The van der Waals surface area contributed by atoms with Gasteiger partial charge < -0.3 is 9.84 Å². The number of imide groups is 1. The Morgan fingerprint density at radius 2 is 1.82 bits per heavy atom. The minimum absolute atomic E-state index is 0.0912. The van der Waals surface area contributed by atoms with Crippen molar-refractivity contribution in [3.8, 4) is 11.5 Å². The van der Waals surface area contributed by atoms with Crippen LogP contribution in [0.25, 0.3) is 10.8 Å². The van der Waals surface area contributed by atoms with Crippen molar-refractivity contribution >= 4 is 22.6 Å². The van der Waals surface area contributed by atoms with Crippen LogP contribution in [0.2, 0.25) is 0 Å². The maximum Gasteiger partial charge on any atom is 0.261 e. The molecule has 2 heterocycles. The van der Waals surface area contributed by atoms with Crippen LogP contribution < -0.4 is 4.74 Å². The van der Waals surface area contributed by atoms with Crippen LogP contribution in [0.4, 0.5) is 0 Å². The molecule has 5 rings (SSSR count). The fourth-order valence-electron chi connectivity index (χ4n) is 5.27. The van der Waals surface area contributed by atoms with E-state index in [0.29, 0.717) is 30.2 Å². The summed E-state index contributed by atoms with van der Waals surface area (Å²) in [5, 5.41) is 11.8. The number of hydrogen-bond donors (Lipinski definition) is 1. The number of likely N-dealkylation sites (tertiary alicyclic amines) is 1. The normalized spacial score (nSPS) is 17.3. The minimum Gasteiger partial charge on any atom is -0.504 e. The number of methoxy groups -OCH3 is 1. The number of piperidine rings is 1. The molecule has 0 aromatic heterocycles. The highest BCUT2D eigenvalue weighted by Gasteiger charge is 2.32. The van der Waals surface area contributed by atoms with Gasteiger partial charge in [-0.2, -0.15) is 0 Å². The molecular weight excluding hydrogens is 428 g/mol. The molecule has 1 saturated heterocycles. The van der Waals surface area contributed by atoms with E-state index < -0.39 is 0 Å². The first-order valence-electron chi connectivity index (χ1n) is 12.0. The van der Waals surface area contributed by atoms with Crippen molar-refractivity contribution in [3.63, 3.8) is 0 Å². The number of phenolic OH excluding ortho intramolecular Hbond substituents is 1. The van der Waals surface area contributed by atoms with Crippen molar-refractivity contribution in [1.29, 1.82) is 0 Å². The molecule has 1 fully saturated rings. The summed E-state index contributed by atoms with van der Waals surface area (Å²) in [5.74, 6) is 0.911. The topological polar surface area (TPSA) is 70.1 Å². The van der Waals surface area contributed by atoms with E-state index in [0.717, 1.165) is 60.8 Å². The summed E-state index contributed by atoms with van der Waals surface area (Å²) < 4.78 is 5.22. The second kappa shape index (κ2) is 9.47. The fraction of sp³-hybridized carbons (Fsp3) is 0.357. The molecule has 2 amide bonds. The van der Waals surface area contributed by atoms with Crippen molar-refractivity contribution in [2.24, 2.45) is 5.92 Å². The molecule has 176 valence electrons. The zero-order chi connectivity index (χ0) is 23.7. The number of fused-ring (bicyclic) bond motifs is 3. The summed E-state index contributed by atoms with van der Waals surface area (Å²) in [4.78, 5) is 30.0. The lowest BCUT2D eigenvalue weighted by Gasteiger charge is -2.34. The molecule has 0 aliphatic carbocycles. The van der Waals surface area contributed by atoms with Gasteiger partial charge >= 0.3 is 0 Å². The number of rotatable bonds is 6. The van der Waals surface area contributed by atoms with Gasteiger partial charge in [0.05, 0.1) is 19.1 Å². The third kappa shape index (κ3) is 4.38. The van der Waals surface area contributed by atoms with Crippen molar-refractivity contribution in [2.75, 3.05) is 26.7 Å². The summed E-state index contributed by atoms with van der Waals surface area (Å²) in [6.45, 7) is 3.25. The molecule has 0 spiro atoms. The van der Waals surface area contributed by atoms with E-state index in [1.54, 1.807) is 13.2 Å². The number of hydrogen-bond acceptors (Lipinski definition) is 5. The Balaban J connectivity index is 1.18. The number of phenols is 1. The SMILES string of the molecule is COc1cc(CN2CCC(CCN3C(=O)Cc4ccc5ccccc5c4C3=O)CC2)ccc1O. The Labute approximate surface area is 199 Å². The molecule has 6 nitrogen and oxygen atoms in total. The van der Waals surface area contributed by atoms with E-state index in [-0.39, 0.29) is 17.6 Å². The summed E-state index contributed by atoms with van der Waals surface area (Å²) in [7, 11) is 1.56. The van der Waals surface area contributed by atoms with Gasteiger partial charge in [-0.25, -0.2) is 0 Å². The smallest absolute Gasteiger partial charge is 0.261 e. The number of carbonyl (C=O) groups is 2. The average Bonchev–Trinajstić information content (AvgIpc) is 2.85. The van der Waals surface area contributed by atoms with Gasteiger partial charge in [-0.05, 0) is 72.3 Å². The van der Waals surface area contributed by atoms with Crippen molar-refractivity contribution in [3.05, 3.63) is 71.3 Å². The molecule has 3 aromatic carbocycles. The Bertz CT molecular complexity index is 1230. The number of ether oxygens (including phenoxy) is 1. The highest BCUT2D eigenvalue weighted by Crippen LogP contribution is 2.30. The number of amides is 2. The zero-order valence-corrected chi connectivity index (χ0v) is 19.5. The maximum absolute atomic E-state index is 13.3. The van der Waals surface area contributed by atoms with Crippen molar-refractivity contribution < 1.29 is 19.4 Å². The van der Waals surface area contributed by atoms with Gasteiger partial charge in [0.1, 0.15) is 0 Å². The molecule has 0 atom stereocenters. The number of aromatic hydroxyl groups is 1. The van der Waals surface area contributed by atoms with E-state index in [9.17, 15) is 14.7 Å². The third-order valence-electron chi connectivity index (χ3n) is 7.24. The standard InChI is InChI=1S/C28H30N2O4/c1-34-25-16-20(6-9-24(25)31)18-29-13-10-19(11-14-29)12-15-30-26(32)17-22-8-7-21-4-2-3-5-23(21)27(22)28(30)33/h2-9,16,19,31H,10-15,17-18H2,1H3. The molecule has 0 unspecified atom stereocenters. The maximum atomic E-state index is 13.3. The predicted octanol–water partition coefficient (Wildman–Crippen LogP) is 4.38. The number of nitrogens with zero attached hydrogens (tertiary/aromatic N) is 2. The van der Waals surface area contributed by atoms with Gasteiger partial charge in [0.2, 0.25) is 5.91 Å². The van der Waals surface area contributed by atoms with Crippen LogP contribution in [0.5, 0.6) is 11.5 Å². The molecule has 34 heavy (non-hydrogen) atoms. The van der Waals surface area contributed by atoms with Crippen LogP contribution in [0.1, 0.15) is 40.7 Å². The zero-order valence-electron chi connectivity index (χ0n) is 19.5. The van der Waals surface area contributed by atoms with Gasteiger partial charge in [0.15, 0.2) is 11.5 Å². The second-order valence-electron chi connectivity index (χ2n) is 9.36. The Morgan fingerprint density at radius 1 is 1.03 bits per heavy atom. The van der Waals surface area contributed by atoms with Gasteiger partial charge in [-0.3, -0.25) is 19.4 Å². The van der Waals surface area contributed by atoms with Crippen LogP contribution in [0, 0.1) is 5.92 Å². The molecule has 2 aliphatic rings. The molecule has 0 saturated carbocycles. The molecule has 0 bridgehead atoms. The van der Waals surface area contributed by atoms with Crippen molar-refractivity contribution in [1.82, 2.24) is 9.80 Å². The van der Waals surface area contributed by atoms with E-state index >= 15 is 0 Å². The minimum atomic E-state index is -0.151. The number of carbonyl (C=O) groups excluding carboxylic acids is 2. The van der Waals surface area contributed by atoms with Crippen LogP contribution in [0.3, 0.4) is 0 Å². The van der Waals surface area contributed by atoms with Gasteiger partial charge in [0, 0.05) is 13.1 Å². The Kier molecular flexibility index (Phi) is 6.24. The molecular formula is C28H30N2O4. The second-order valence-corrected chi connectivity index (χ2v) is 9.36. The lowest BCUT2D eigenvalue weighted by molar-refractivity contribution is -0.128. The Morgan fingerprint density at radius 3 is 2.62 bits per heavy atom. The molecule has 1 N–H and O–H groups in total. The number of benzene rings is 3.